The first-order valence-electron chi connectivity index (χ1n) is 5.31. The zero-order valence-electron chi connectivity index (χ0n) is 10.5. The summed E-state index contributed by atoms with van der Waals surface area (Å²) >= 11 is 0. The minimum atomic E-state index is -1.12. The Morgan fingerprint density at radius 2 is 2.16 bits per heavy atom. The molecule has 2 N–H and O–H groups in total. The topological polar surface area (TPSA) is 111 Å². The summed E-state index contributed by atoms with van der Waals surface area (Å²) in [7, 11) is 2.66. The number of hydrogen-bond acceptors (Lipinski definition) is 6. The Balaban J connectivity index is 2.85. The minimum Gasteiger partial charge on any atom is -0.496 e. The average molecular weight is 270 g/mol. The van der Waals surface area contributed by atoms with Gasteiger partial charge in [-0.1, -0.05) is 0 Å². The molecule has 8 nitrogen and oxygen atoms in total. The number of methoxy groups -OCH3 is 2. The van der Waals surface area contributed by atoms with E-state index in [2.05, 4.69) is 5.32 Å². The van der Waals surface area contributed by atoms with E-state index in [4.69, 9.17) is 14.6 Å². The van der Waals surface area contributed by atoms with Crippen molar-refractivity contribution in [1.82, 2.24) is 0 Å². The Morgan fingerprint density at radius 3 is 2.63 bits per heavy atom. The third-order valence-corrected chi connectivity index (χ3v) is 2.39. The van der Waals surface area contributed by atoms with Crippen LogP contribution in [0.1, 0.15) is 0 Å². The van der Waals surface area contributed by atoms with Crippen molar-refractivity contribution in [2.75, 3.05) is 26.1 Å². The zero-order chi connectivity index (χ0) is 14.4. The number of nitrogens with zero attached hydrogens (tertiary/aromatic N) is 1. The predicted molar refractivity (Wildman–Crippen MR) is 66.6 cm³/mol. The smallest absolute Gasteiger partial charge is 0.334 e. The highest BCUT2D eigenvalue weighted by molar-refractivity contribution is 5.73. The van der Waals surface area contributed by atoms with Crippen LogP contribution in [0.15, 0.2) is 18.2 Å². The van der Waals surface area contributed by atoms with Crippen LogP contribution in [-0.2, 0) is 9.53 Å². The van der Waals surface area contributed by atoms with E-state index in [-0.39, 0.29) is 12.2 Å². The maximum atomic E-state index is 10.8. The van der Waals surface area contributed by atoms with Gasteiger partial charge in [0.2, 0.25) is 0 Å². The fraction of sp³-hybridized carbons (Fsp3) is 0.364. The second-order valence-corrected chi connectivity index (χ2v) is 3.62. The molecular weight excluding hydrogens is 256 g/mol. The lowest BCUT2D eigenvalue weighted by atomic mass is 10.2. The van der Waals surface area contributed by atoms with Crippen molar-refractivity contribution < 1.29 is 24.3 Å². The fourth-order valence-corrected chi connectivity index (χ4v) is 1.39. The van der Waals surface area contributed by atoms with Gasteiger partial charge in [0.05, 0.1) is 24.6 Å². The van der Waals surface area contributed by atoms with Gasteiger partial charge in [0, 0.05) is 24.9 Å². The molecule has 1 rings (SSSR count). The van der Waals surface area contributed by atoms with Crippen LogP contribution in [0.3, 0.4) is 0 Å². The van der Waals surface area contributed by atoms with Crippen molar-refractivity contribution in [2.24, 2.45) is 0 Å². The number of carbonyl (C=O) groups is 1. The molecule has 0 aromatic heterocycles. The van der Waals surface area contributed by atoms with Crippen LogP contribution in [0.2, 0.25) is 0 Å². The van der Waals surface area contributed by atoms with E-state index < -0.39 is 17.0 Å². The molecule has 0 aliphatic heterocycles. The lowest BCUT2D eigenvalue weighted by Gasteiger charge is -2.13. The van der Waals surface area contributed by atoms with Gasteiger partial charge in [0.15, 0.2) is 6.10 Å². The van der Waals surface area contributed by atoms with Crippen LogP contribution in [0, 0.1) is 10.1 Å². The zero-order valence-corrected chi connectivity index (χ0v) is 10.5. The summed E-state index contributed by atoms with van der Waals surface area (Å²) in [5.74, 6) is -0.812. The number of non-ortho nitro benzene ring substituents is 1. The van der Waals surface area contributed by atoms with E-state index in [9.17, 15) is 14.9 Å². The van der Waals surface area contributed by atoms with E-state index in [1.165, 1.54) is 32.4 Å². The Kier molecular flexibility index (Phi) is 5.07. The number of anilines is 1. The molecule has 0 aliphatic carbocycles. The number of aliphatic carboxylic acids is 1. The number of hydrogen-bond donors (Lipinski definition) is 2. The highest BCUT2D eigenvalue weighted by Gasteiger charge is 2.17. The molecule has 1 atom stereocenters. The van der Waals surface area contributed by atoms with E-state index in [0.29, 0.717) is 11.4 Å². The molecule has 1 aromatic rings. The first-order chi connectivity index (χ1) is 8.97. The third kappa shape index (κ3) is 4.11. The van der Waals surface area contributed by atoms with E-state index in [1.807, 2.05) is 0 Å². The van der Waals surface area contributed by atoms with Crippen molar-refractivity contribution in [3.05, 3.63) is 28.3 Å². The van der Waals surface area contributed by atoms with Crippen molar-refractivity contribution in [3.63, 3.8) is 0 Å². The average Bonchev–Trinajstić information content (AvgIpc) is 2.38. The summed E-state index contributed by atoms with van der Waals surface area (Å²) in [5.41, 5.74) is 0.237. The Morgan fingerprint density at radius 1 is 1.47 bits per heavy atom. The van der Waals surface area contributed by atoms with Crippen LogP contribution in [-0.4, -0.2) is 42.9 Å². The highest BCUT2D eigenvalue weighted by atomic mass is 16.6. The molecule has 0 saturated heterocycles. The molecule has 0 amide bonds. The second-order valence-electron chi connectivity index (χ2n) is 3.62. The van der Waals surface area contributed by atoms with Gasteiger partial charge in [-0.05, 0) is 0 Å². The first kappa shape index (κ1) is 14.7. The van der Waals surface area contributed by atoms with Gasteiger partial charge in [-0.3, -0.25) is 10.1 Å². The van der Waals surface area contributed by atoms with Gasteiger partial charge >= 0.3 is 5.97 Å². The number of ether oxygens (including phenoxy) is 2. The molecule has 0 spiro atoms. The third-order valence-electron chi connectivity index (χ3n) is 2.39. The van der Waals surface area contributed by atoms with Gasteiger partial charge in [-0.2, -0.15) is 0 Å². The number of carboxylic acid groups (broad SMARTS) is 1. The molecule has 8 heteroatoms. The van der Waals surface area contributed by atoms with Crippen LogP contribution in [0.25, 0.3) is 0 Å². The lowest BCUT2D eigenvalue weighted by molar-refractivity contribution is -0.384. The molecule has 0 saturated carbocycles. The standard InChI is InChI=1S/C11H14N2O6/c1-18-9-4-7(3-8(5-9)13(16)17)12-6-10(19-2)11(14)15/h3-5,10,12H,6H2,1-2H3,(H,14,15). The number of rotatable bonds is 7. The molecule has 0 radical (unpaired) electrons. The molecule has 0 heterocycles. The van der Waals surface area contributed by atoms with E-state index in [1.54, 1.807) is 0 Å². The second kappa shape index (κ2) is 6.55. The molecule has 104 valence electrons. The van der Waals surface area contributed by atoms with Crippen LogP contribution >= 0.6 is 0 Å². The molecule has 0 fully saturated rings. The monoisotopic (exact) mass is 270 g/mol. The van der Waals surface area contributed by atoms with Crippen molar-refractivity contribution in [2.45, 2.75) is 6.10 Å². The maximum absolute atomic E-state index is 10.8. The number of carboxylic acids is 1. The maximum Gasteiger partial charge on any atom is 0.334 e. The van der Waals surface area contributed by atoms with E-state index in [0.717, 1.165) is 0 Å². The Labute approximate surface area is 109 Å². The van der Waals surface area contributed by atoms with Crippen molar-refractivity contribution in [1.29, 1.82) is 0 Å². The van der Waals surface area contributed by atoms with Crippen molar-refractivity contribution >= 4 is 17.3 Å². The number of nitrogens with one attached hydrogen (secondary N) is 1. The van der Waals surface area contributed by atoms with Crippen LogP contribution in [0.5, 0.6) is 5.75 Å². The van der Waals surface area contributed by atoms with Crippen LogP contribution < -0.4 is 10.1 Å². The largest absolute Gasteiger partial charge is 0.496 e. The summed E-state index contributed by atoms with van der Waals surface area (Å²) in [6, 6.07) is 4.09. The summed E-state index contributed by atoms with van der Waals surface area (Å²) in [6.07, 6.45) is -1.04. The number of nitro groups is 1. The lowest BCUT2D eigenvalue weighted by Crippen LogP contribution is -2.30. The first-order valence-corrected chi connectivity index (χ1v) is 5.31. The van der Waals surface area contributed by atoms with Gasteiger partial charge in [0.25, 0.3) is 5.69 Å². The molecule has 0 aliphatic rings. The molecule has 19 heavy (non-hydrogen) atoms. The summed E-state index contributed by atoms with van der Waals surface area (Å²) in [6.45, 7) is -0.0177. The summed E-state index contributed by atoms with van der Waals surface area (Å²) in [5, 5.41) is 22.3. The summed E-state index contributed by atoms with van der Waals surface area (Å²) < 4.78 is 9.67. The van der Waals surface area contributed by atoms with Gasteiger partial charge < -0.3 is 19.9 Å². The van der Waals surface area contributed by atoms with Crippen LogP contribution in [0.4, 0.5) is 11.4 Å². The quantitative estimate of drug-likeness (QED) is 0.564. The SMILES string of the molecule is COc1cc(NCC(OC)C(=O)O)cc([N+](=O)[O-])c1. The predicted octanol–water partition coefficient (Wildman–Crippen LogP) is 1.11. The van der Waals surface area contributed by atoms with Crippen molar-refractivity contribution in [3.8, 4) is 5.75 Å². The fourth-order valence-electron chi connectivity index (χ4n) is 1.39. The molecule has 0 bridgehead atoms. The minimum absolute atomic E-state index is 0.0177. The number of benzene rings is 1. The number of nitro benzene ring substituents is 1. The Hall–Kier alpha value is -2.35. The van der Waals surface area contributed by atoms with Gasteiger partial charge in [0.1, 0.15) is 5.75 Å². The highest BCUT2D eigenvalue weighted by Crippen LogP contribution is 2.25. The van der Waals surface area contributed by atoms with E-state index >= 15 is 0 Å². The molecular formula is C11H14N2O6. The summed E-state index contributed by atoms with van der Waals surface area (Å²) in [4.78, 5) is 20.9. The molecule has 1 aromatic carbocycles. The molecule has 1 unspecified atom stereocenters. The van der Waals surface area contributed by atoms with Gasteiger partial charge in [-0.25, -0.2) is 4.79 Å². The Bertz CT molecular complexity index is 476. The van der Waals surface area contributed by atoms with Gasteiger partial charge in [-0.15, -0.1) is 0 Å². The normalized spacial score (nSPS) is 11.7.